The number of nitrogens with zero attached hydrogens (tertiary/aromatic N) is 2. The van der Waals surface area contributed by atoms with Crippen LogP contribution in [-0.2, 0) is 9.31 Å². The van der Waals surface area contributed by atoms with Crippen molar-refractivity contribution in [2.24, 2.45) is 0 Å². The van der Waals surface area contributed by atoms with Gasteiger partial charge in [0, 0.05) is 11.7 Å². The first kappa shape index (κ1) is 15.2. The monoisotopic (exact) mass is 302 g/mol. The highest BCUT2D eigenvalue weighted by Gasteiger charge is 2.52. The van der Waals surface area contributed by atoms with Gasteiger partial charge in [-0.1, -0.05) is 12.1 Å². The maximum Gasteiger partial charge on any atom is 0.497 e. The smallest absolute Gasteiger partial charge is 0.399 e. The Bertz CT molecular complexity index is 696. The highest BCUT2D eigenvalue weighted by atomic mass is 19.1. The molecule has 2 heterocycles. The average molecular weight is 302 g/mol. The summed E-state index contributed by atoms with van der Waals surface area (Å²) in [6.45, 7) is 9.68. The molecule has 0 unspecified atom stereocenters. The molecule has 0 radical (unpaired) electrons. The average Bonchev–Trinajstić information content (AvgIpc) is 2.92. The molecule has 22 heavy (non-hydrogen) atoms. The van der Waals surface area contributed by atoms with Gasteiger partial charge in [0.25, 0.3) is 0 Å². The first-order valence-electron chi connectivity index (χ1n) is 7.36. The summed E-state index contributed by atoms with van der Waals surface area (Å²) in [5.41, 5.74) is 0.688. The van der Waals surface area contributed by atoms with Crippen LogP contribution in [0.1, 0.15) is 33.4 Å². The van der Waals surface area contributed by atoms with E-state index in [2.05, 4.69) is 4.98 Å². The predicted octanol–water partition coefficient (Wildman–Crippen LogP) is 2.62. The van der Waals surface area contributed by atoms with Crippen LogP contribution >= 0.6 is 0 Å². The van der Waals surface area contributed by atoms with Gasteiger partial charge in [-0.2, -0.15) is 0 Å². The Kier molecular flexibility index (Phi) is 3.42. The zero-order chi connectivity index (χ0) is 16.1. The Hall–Kier alpha value is -1.66. The molecule has 0 atom stereocenters. The summed E-state index contributed by atoms with van der Waals surface area (Å²) < 4.78 is 28.5. The van der Waals surface area contributed by atoms with Crippen LogP contribution in [0.2, 0.25) is 0 Å². The molecule has 1 fully saturated rings. The van der Waals surface area contributed by atoms with Crippen LogP contribution < -0.4 is 5.46 Å². The summed E-state index contributed by atoms with van der Waals surface area (Å²) in [5.74, 6) is -0.349. The first-order valence-corrected chi connectivity index (χ1v) is 7.36. The standard InChI is InChI=1S/C16H20BFN2O2/c1-11-9-20(10-19-11)13-8-6-7-12(14(13)18)17-21-15(2,3)16(4,5)22-17/h6-10H,1-5H3. The number of halogens is 1. The van der Waals surface area contributed by atoms with Gasteiger partial charge >= 0.3 is 7.12 Å². The van der Waals surface area contributed by atoms with Crippen LogP contribution in [0.25, 0.3) is 5.69 Å². The number of rotatable bonds is 2. The van der Waals surface area contributed by atoms with E-state index in [1.807, 2.05) is 34.6 Å². The van der Waals surface area contributed by atoms with Crippen LogP contribution in [0.15, 0.2) is 30.7 Å². The summed E-state index contributed by atoms with van der Waals surface area (Å²) in [6.07, 6.45) is 3.38. The zero-order valence-electron chi connectivity index (χ0n) is 13.6. The van der Waals surface area contributed by atoms with Crippen LogP contribution in [0.3, 0.4) is 0 Å². The second-order valence-corrected chi connectivity index (χ2v) is 6.69. The molecule has 0 spiro atoms. The maximum atomic E-state index is 14.9. The lowest BCUT2D eigenvalue weighted by molar-refractivity contribution is 0.00578. The third-order valence-electron chi connectivity index (χ3n) is 4.51. The number of aromatic nitrogens is 2. The molecule has 4 nitrogen and oxygen atoms in total. The topological polar surface area (TPSA) is 36.3 Å². The van der Waals surface area contributed by atoms with Crippen LogP contribution in [0, 0.1) is 12.7 Å². The Morgan fingerprint density at radius 1 is 1.14 bits per heavy atom. The highest BCUT2D eigenvalue weighted by molar-refractivity contribution is 6.62. The molecule has 3 rings (SSSR count). The van der Waals surface area contributed by atoms with Crippen molar-refractivity contribution in [2.45, 2.75) is 45.8 Å². The van der Waals surface area contributed by atoms with Gasteiger partial charge in [-0.25, -0.2) is 9.37 Å². The van der Waals surface area contributed by atoms with Gasteiger partial charge in [-0.05, 0) is 40.7 Å². The van der Waals surface area contributed by atoms with Gasteiger partial charge < -0.3 is 13.9 Å². The summed E-state index contributed by atoms with van der Waals surface area (Å²) in [5, 5.41) is 0. The Morgan fingerprint density at radius 2 is 1.77 bits per heavy atom. The molecule has 1 aromatic carbocycles. The quantitative estimate of drug-likeness (QED) is 0.800. The normalized spacial score (nSPS) is 19.6. The number of hydrogen-bond acceptors (Lipinski definition) is 3. The van der Waals surface area contributed by atoms with E-state index in [-0.39, 0.29) is 5.82 Å². The summed E-state index contributed by atoms with van der Waals surface area (Å²) in [7, 11) is -0.713. The fraction of sp³-hybridized carbons (Fsp3) is 0.438. The molecule has 6 heteroatoms. The van der Waals surface area contributed by atoms with Crippen molar-refractivity contribution in [1.82, 2.24) is 9.55 Å². The lowest BCUT2D eigenvalue weighted by Gasteiger charge is -2.32. The van der Waals surface area contributed by atoms with Gasteiger partial charge in [-0.15, -0.1) is 0 Å². The minimum atomic E-state index is -0.713. The lowest BCUT2D eigenvalue weighted by atomic mass is 9.78. The molecule has 1 aromatic heterocycles. The van der Waals surface area contributed by atoms with Gasteiger partial charge in [0.1, 0.15) is 5.82 Å². The lowest BCUT2D eigenvalue weighted by Crippen LogP contribution is -2.41. The largest absolute Gasteiger partial charge is 0.497 e. The minimum absolute atomic E-state index is 0.349. The molecule has 0 amide bonds. The molecule has 0 saturated carbocycles. The van der Waals surface area contributed by atoms with E-state index < -0.39 is 18.3 Å². The fourth-order valence-corrected chi connectivity index (χ4v) is 2.44. The highest BCUT2D eigenvalue weighted by Crippen LogP contribution is 2.36. The van der Waals surface area contributed by atoms with Crippen LogP contribution in [0.5, 0.6) is 0 Å². The van der Waals surface area contributed by atoms with Gasteiger partial charge in [0.2, 0.25) is 0 Å². The fourth-order valence-electron chi connectivity index (χ4n) is 2.44. The summed E-state index contributed by atoms with van der Waals surface area (Å²) >= 11 is 0. The van der Waals surface area contributed by atoms with Crippen molar-refractivity contribution >= 4 is 12.6 Å². The van der Waals surface area contributed by atoms with E-state index >= 15 is 0 Å². The second kappa shape index (κ2) is 4.93. The summed E-state index contributed by atoms with van der Waals surface area (Å²) in [4.78, 5) is 4.14. The molecule has 1 aliphatic rings. The van der Waals surface area contributed by atoms with E-state index in [0.717, 1.165) is 5.69 Å². The zero-order valence-corrected chi connectivity index (χ0v) is 13.6. The summed E-state index contributed by atoms with van der Waals surface area (Å²) in [6, 6.07) is 5.21. The number of benzene rings is 1. The molecule has 1 saturated heterocycles. The second-order valence-electron chi connectivity index (χ2n) is 6.69. The van der Waals surface area contributed by atoms with Crippen LogP contribution in [0.4, 0.5) is 4.39 Å². The molecular formula is C16H20BFN2O2. The third-order valence-corrected chi connectivity index (χ3v) is 4.51. The number of imidazole rings is 1. The van der Waals surface area contributed by atoms with Crippen molar-refractivity contribution in [3.63, 3.8) is 0 Å². The van der Waals surface area contributed by atoms with Gasteiger partial charge in [0.05, 0.1) is 28.9 Å². The van der Waals surface area contributed by atoms with E-state index in [4.69, 9.17) is 9.31 Å². The molecule has 0 aliphatic carbocycles. The van der Waals surface area contributed by atoms with Crippen molar-refractivity contribution in [3.8, 4) is 5.69 Å². The Labute approximate surface area is 130 Å². The molecule has 2 aromatic rings. The van der Waals surface area contributed by atoms with Gasteiger partial charge in [-0.3, -0.25) is 0 Å². The third kappa shape index (κ3) is 2.36. The molecule has 1 aliphatic heterocycles. The van der Waals surface area contributed by atoms with Crippen LogP contribution in [-0.4, -0.2) is 27.9 Å². The number of aryl methyl sites for hydroxylation is 1. The molecule has 116 valence electrons. The van der Waals surface area contributed by atoms with Gasteiger partial charge in [0.15, 0.2) is 0 Å². The Balaban J connectivity index is 2.00. The maximum absolute atomic E-state index is 14.9. The number of hydrogen-bond donors (Lipinski definition) is 0. The van der Waals surface area contributed by atoms with E-state index in [9.17, 15) is 4.39 Å². The Morgan fingerprint density at radius 3 is 2.32 bits per heavy atom. The minimum Gasteiger partial charge on any atom is -0.399 e. The predicted molar refractivity (Wildman–Crippen MR) is 84.0 cm³/mol. The SMILES string of the molecule is Cc1cn(-c2cccc(B3OC(C)(C)C(C)(C)O3)c2F)cn1. The first-order chi connectivity index (χ1) is 10.2. The van der Waals surface area contributed by atoms with E-state index in [1.54, 1.807) is 35.3 Å². The molecule has 0 N–H and O–H groups in total. The van der Waals surface area contributed by atoms with E-state index in [0.29, 0.717) is 11.2 Å². The van der Waals surface area contributed by atoms with Crippen molar-refractivity contribution in [1.29, 1.82) is 0 Å². The van der Waals surface area contributed by atoms with Crippen molar-refractivity contribution < 1.29 is 13.7 Å². The molecule has 0 bridgehead atoms. The molecular weight excluding hydrogens is 282 g/mol. The van der Waals surface area contributed by atoms with Crippen molar-refractivity contribution in [3.05, 3.63) is 42.2 Å². The van der Waals surface area contributed by atoms with E-state index in [1.165, 1.54) is 0 Å². The van der Waals surface area contributed by atoms with Crippen molar-refractivity contribution in [2.75, 3.05) is 0 Å².